The van der Waals surface area contributed by atoms with Gasteiger partial charge in [-0.1, -0.05) is 33.3 Å². The molecule has 1 aromatic rings. The van der Waals surface area contributed by atoms with Crippen LogP contribution >= 0.6 is 0 Å². The van der Waals surface area contributed by atoms with E-state index in [0.717, 1.165) is 24.1 Å². The van der Waals surface area contributed by atoms with Gasteiger partial charge in [-0.2, -0.15) is 0 Å². The maximum Gasteiger partial charge on any atom is 0.315 e. The summed E-state index contributed by atoms with van der Waals surface area (Å²) in [6, 6.07) is 5.04. The first-order valence-electron chi connectivity index (χ1n) is 11.1. The van der Waals surface area contributed by atoms with Crippen molar-refractivity contribution in [1.82, 2.24) is 0 Å². The average molecular weight is 428 g/mol. The lowest BCUT2D eigenvalue weighted by Gasteiger charge is -2.39. The summed E-state index contributed by atoms with van der Waals surface area (Å²) >= 11 is 0. The lowest BCUT2D eigenvalue weighted by molar-refractivity contribution is -0.146. The fraction of sp³-hybridized carbons (Fsp3) is 0.560. The number of ether oxygens (including phenoxy) is 2. The first-order chi connectivity index (χ1) is 14.7. The number of carbonyl (C=O) groups is 2. The van der Waals surface area contributed by atoms with Crippen molar-refractivity contribution in [1.29, 1.82) is 0 Å². The minimum absolute atomic E-state index is 0.0184. The van der Waals surface area contributed by atoms with E-state index in [0.29, 0.717) is 43.1 Å². The molecule has 31 heavy (non-hydrogen) atoms. The molecule has 1 aromatic carbocycles. The van der Waals surface area contributed by atoms with E-state index in [4.69, 9.17) is 14.5 Å². The van der Waals surface area contributed by atoms with Crippen LogP contribution in [-0.4, -0.2) is 35.8 Å². The number of carbonyl (C=O) groups excluding carboxylic acids is 2. The molecular weight excluding hydrogens is 394 g/mol. The number of phenolic OH excluding ortho intramolecular Hbond substituents is 1. The van der Waals surface area contributed by atoms with Gasteiger partial charge in [0.05, 0.1) is 13.2 Å². The van der Waals surface area contributed by atoms with E-state index in [1.165, 1.54) is 0 Å². The maximum atomic E-state index is 13.3. The Bertz CT molecular complexity index is 928. The SMILES string of the molecule is CCCCOC(=O)C1C(C)=NC2=C(C(=O)CC(C)(C)C2)[C@H]1c1ccc(O)c(OCC)c1. The van der Waals surface area contributed by atoms with E-state index >= 15 is 0 Å². The summed E-state index contributed by atoms with van der Waals surface area (Å²) in [6.07, 6.45) is 2.79. The summed E-state index contributed by atoms with van der Waals surface area (Å²) in [5.74, 6) is -1.17. The van der Waals surface area contributed by atoms with Crippen molar-refractivity contribution >= 4 is 17.5 Å². The summed E-state index contributed by atoms with van der Waals surface area (Å²) in [5, 5.41) is 10.2. The van der Waals surface area contributed by atoms with Crippen LogP contribution in [0.15, 0.2) is 34.5 Å². The van der Waals surface area contributed by atoms with Crippen molar-refractivity contribution in [2.75, 3.05) is 13.2 Å². The monoisotopic (exact) mass is 427 g/mol. The van der Waals surface area contributed by atoms with E-state index in [9.17, 15) is 14.7 Å². The van der Waals surface area contributed by atoms with Crippen LogP contribution in [0.3, 0.4) is 0 Å². The van der Waals surface area contributed by atoms with Gasteiger partial charge in [0.25, 0.3) is 0 Å². The Morgan fingerprint density at radius 3 is 2.68 bits per heavy atom. The predicted molar refractivity (Wildman–Crippen MR) is 120 cm³/mol. The van der Waals surface area contributed by atoms with Crippen molar-refractivity contribution in [3.63, 3.8) is 0 Å². The van der Waals surface area contributed by atoms with Gasteiger partial charge in [-0.3, -0.25) is 14.6 Å². The Kier molecular flexibility index (Phi) is 6.87. The zero-order valence-electron chi connectivity index (χ0n) is 19.2. The van der Waals surface area contributed by atoms with Gasteiger partial charge in [0.1, 0.15) is 5.92 Å². The molecule has 6 heteroatoms. The Hall–Kier alpha value is -2.63. The summed E-state index contributed by atoms with van der Waals surface area (Å²) in [6.45, 7) is 10.6. The van der Waals surface area contributed by atoms with Crippen LogP contribution in [0.2, 0.25) is 0 Å². The average Bonchev–Trinajstić information content (AvgIpc) is 2.68. The van der Waals surface area contributed by atoms with Crippen molar-refractivity contribution in [3.05, 3.63) is 35.0 Å². The number of phenols is 1. The molecule has 3 rings (SSSR count). The Labute approximate surface area is 184 Å². The molecule has 0 fully saturated rings. The highest BCUT2D eigenvalue weighted by molar-refractivity contribution is 6.09. The third-order valence-electron chi connectivity index (χ3n) is 5.94. The lowest BCUT2D eigenvalue weighted by atomic mass is 9.67. The second-order valence-corrected chi connectivity index (χ2v) is 9.19. The smallest absolute Gasteiger partial charge is 0.315 e. The number of ketones is 1. The lowest BCUT2D eigenvalue weighted by Crippen LogP contribution is -2.39. The molecular formula is C25H33NO5. The molecule has 0 aromatic heterocycles. The molecule has 1 unspecified atom stereocenters. The summed E-state index contributed by atoms with van der Waals surface area (Å²) in [4.78, 5) is 31.1. The maximum absolute atomic E-state index is 13.3. The quantitative estimate of drug-likeness (QED) is 0.491. The fourth-order valence-corrected chi connectivity index (χ4v) is 4.51. The van der Waals surface area contributed by atoms with Gasteiger partial charge >= 0.3 is 5.97 Å². The summed E-state index contributed by atoms with van der Waals surface area (Å²) in [5.41, 5.74) is 2.57. The number of aliphatic imine (C=N–C) groups is 1. The highest BCUT2D eigenvalue weighted by Gasteiger charge is 2.46. The number of aromatic hydroxyl groups is 1. The number of nitrogens with zero attached hydrogens (tertiary/aromatic N) is 1. The summed E-state index contributed by atoms with van der Waals surface area (Å²) in [7, 11) is 0. The normalized spacial score (nSPS) is 22.6. The highest BCUT2D eigenvalue weighted by atomic mass is 16.5. The summed E-state index contributed by atoms with van der Waals surface area (Å²) < 4.78 is 11.1. The molecule has 0 spiro atoms. The van der Waals surface area contributed by atoms with Crippen LogP contribution in [0.5, 0.6) is 11.5 Å². The van der Waals surface area contributed by atoms with Crippen molar-refractivity contribution in [3.8, 4) is 11.5 Å². The van der Waals surface area contributed by atoms with Gasteiger partial charge in [-0.15, -0.1) is 0 Å². The van der Waals surface area contributed by atoms with Gasteiger partial charge in [-0.05, 0) is 49.8 Å². The molecule has 1 aliphatic heterocycles. The number of hydrogen-bond acceptors (Lipinski definition) is 6. The molecule has 0 amide bonds. The molecule has 1 heterocycles. The van der Waals surface area contributed by atoms with Crippen LogP contribution in [0.4, 0.5) is 0 Å². The van der Waals surface area contributed by atoms with Crippen molar-refractivity contribution < 1.29 is 24.2 Å². The van der Waals surface area contributed by atoms with E-state index in [1.807, 2.05) is 20.8 Å². The molecule has 6 nitrogen and oxygen atoms in total. The number of unbranched alkanes of at least 4 members (excludes halogenated alkanes) is 1. The van der Waals surface area contributed by atoms with Gasteiger partial charge in [0, 0.05) is 29.3 Å². The molecule has 168 valence electrons. The first-order valence-corrected chi connectivity index (χ1v) is 11.1. The van der Waals surface area contributed by atoms with E-state index in [-0.39, 0.29) is 22.9 Å². The topological polar surface area (TPSA) is 85.2 Å². The second-order valence-electron chi connectivity index (χ2n) is 9.19. The zero-order valence-corrected chi connectivity index (χ0v) is 19.2. The molecule has 2 atom stereocenters. The number of allylic oxidation sites excluding steroid dienone is 2. The fourth-order valence-electron chi connectivity index (χ4n) is 4.51. The molecule has 0 saturated carbocycles. The largest absolute Gasteiger partial charge is 0.504 e. The third-order valence-corrected chi connectivity index (χ3v) is 5.94. The van der Waals surface area contributed by atoms with Gasteiger partial charge in [-0.25, -0.2) is 0 Å². The third kappa shape index (κ3) is 4.83. The van der Waals surface area contributed by atoms with Crippen LogP contribution in [0, 0.1) is 11.3 Å². The van der Waals surface area contributed by atoms with E-state index in [2.05, 4.69) is 13.8 Å². The number of hydrogen-bond donors (Lipinski definition) is 1. The highest BCUT2D eigenvalue weighted by Crippen LogP contribution is 2.48. The Morgan fingerprint density at radius 2 is 2.00 bits per heavy atom. The Balaban J connectivity index is 2.11. The van der Waals surface area contributed by atoms with Crippen LogP contribution in [0.25, 0.3) is 0 Å². The van der Waals surface area contributed by atoms with Gasteiger partial charge < -0.3 is 14.6 Å². The van der Waals surface area contributed by atoms with Crippen LogP contribution in [-0.2, 0) is 14.3 Å². The van der Waals surface area contributed by atoms with E-state index < -0.39 is 11.8 Å². The van der Waals surface area contributed by atoms with Gasteiger partial charge in [0.15, 0.2) is 17.3 Å². The molecule has 2 aliphatic rings. The number of Topliss-reactive ketones (excluding diaryl/α,β-unsaturated/α-hetero) is 1. The minimum atomic E-state index is -0.681. The minimum Gasteiger partial charge on any atom is -0.504 e. The standard InChI is InChI=1S/C25H33NO5/c1-6-8-11-31-24(29)21-15(3)26-17-13-25(4,5)14-19(28)23(17)22(21)16-9-10-18(27)20(12-16)30-7-2/h9-10,12,21-22,27H,6-8,11,13-14H2,1-5H3/t21?,22-/m0/s1. The van der Waals surface area contributed by atoms with Crippen molar-refractivity contribution in [2.45, 2.75) is 66.2 Å². The number of rotatable bonds is 7. The van der Waals surface area contributed by atoms with Crippen LogP contribution < -0.4 is 4.74 Å². The van der Waals surface area contributed by atoms with Crippen LogP contribution in [0.1, 0.15) is 71.8 Å². The second kappa shape index (κ2) is 9.25. The predicted octanol–water partition coefficient (Wildman–Crippen LogP) is 4.95. The molecule has 1 N–H and O–H groups in total. The van der Waals surface area contributed by atoms with Crippen molar-refractivity contribution in [2.24, 2.45) is 16.3 Å². The molecule has 0 saturated heterocycles. The Morgan fingerprint density at radius 1 is 1.26 bits per heavy atom. The van der Waals surface area contributed by atoms with Gasteiger partial charge in [0.2, 0.25) is 0 Å². The first kappa shape index (κ1) is 23.0. The molecule has 0 bridgehead atoms. The molecule has 0 radical (unpaired) electrons. The zero-order chi connectivity index (χ0) is 22.8. The number of esters is 1. The molecule has 1 aliphatic carbocycles. The number of benzene rings is 1. The van der Waals surface area contributed by atoms with E-state index in [1.54, 1.807) is 18.2 Å².